The van der Waals surface area contributed by atoms with E-state index in [0.717, 1.165) is 35.4 Å². The third-order valence-electron chi connectivity index (χ3n) is 5.07. The zero-order valence-electron chi connectivity index (χ0n) is 14.2. The lowest BCUT2D eigenvalue weighted by atomic mass is 9.77. The standard InChI is InChI=1S/C20H19FN2O2/c1-12(24)23-20(16-5-3-4-6-18(16)21)17-9-7-13-11-14(25-2)8-10-15(13)19(17)22-23/h3-6,8,10-11,17,20H,7,9H2,1-2H3/t17-,20+/m0/s1. The Labute approximate surface area is 145 Å². The predicted molar refractivity (Wildman–Crippen MR) is 93.0 cm³/mol. The normalized spacial score (nSPS) is 21.4. The number of aryl methyl sites for hydroxylation is 1. The number of nitrogens with zero attached hydrogens (tertiary/aromatic N) is 2. The van der Waals surface area contributed by atoms with Crippen molar-refractivity contribution in [2.45, 2.75) is 25.8 Å². The largest absolute Gasteiger partial charge is 0.497 e. The number of hydrogen-bond donors (Lipinski definition) is 0. The van der Waals surface area contributed by atoms with Crippen LogP contribution in [0.2, 0.25) is 0 Å². The Morgan fingerprint density at radius 1 is 1.28 bits per heavy atom. The molecule has 25 heavy (non-hydrogen) atoms. The smallest absolute Gasteiger partial charge is 0.240 e. The number of benzene rings is 2. The molecule has 1 aliphatic carbocycles. The maximum Gasteiger partial charge on any atom is 0.240 e. The van der Waals surface area contributed by atoms with Gasteiger partial charge in [0.25, 0.3) is 0 Å². The fourth-order valence-electron chi connectivity index (χ4n) is 3.92. The molecule has 0 aromatic heterocycles. The highest BCUT2D eigenvalue weighted by molar-refractivity contribution is 6.06. The van der Waals surface area contributed by atoms with Crippen molar-refractivity contribution >= 4 is 11.6 Å². The van der Waals surface area contributed by atoms with Crippen molar-refractivity contribution in [3.8, 4) is 5.75 Å². The number of ether oxygens (including phenoxy) is 1. The number of methoxy groups -OCH3 is 1. The van der Waals surface area contributed by atoms with Gasteiger partial charge in [0.15, 0.2) is 0 Å². The molecule has 2 aromatic carbocycles. The Hall–Kier alpha value is -2.69. The van der Waals surface area contributed by atoms with Crippen LogP contribution < -0.4 is 4.74 Å². The molecule has 0 N–H and O–H groups in total. The Morgan fingerprint density at radius 2 is 2.08 bits per heavy atom. The molecule has 2 aliphatic rings. The minimum absolute atomic E-state index is 0.00157. The lowest BCUT2D eigenvalue weighted by Crippen LogP contribution is -2.31. The summed E-state index contributed by atoms with van der Waals surface area (Å²) in [5, 5.41) is 6.04. The highest BCUT2D eigenvalue weighted by atomic mass is 19.1. The predicted octanol–water partition coefficient (Wildman–Crippen LogP) is 3.70. The minimum Gasteiger partial charge on any atom is -0.497 e. The first kappa shape index (κ1) is 15.8. The summed E-state index contributed by atoms with van der Waals surface area (Å²) in [7, 11) is 1.64. The summed E-state index contributed by atoms with van der Waals surface area (Å²) in [5.41, 5.74) is 3.58. The molecule has 1 heterocycles. The molecular weight excluding hydrogens is 319 g/mol. The van der Waals surface area contributed by atoms with Crippen LogP contribution in [0.4, 0.5) is 4.39 Å². The summed E-state index contributed by atoms with van der Waals surface area (Å²) >= 11 is 0. The number of hydrazone groups is 1. The minimum atomic E-state index is -0.385. The van der Waals surface area contributed by atoms with Crippen molar-refractivity contribution in [2.24, 2.45) is 11.0 Å². The van der Waals surface area contributed by atoms with Crippen molar-refractivity contribution in [3.63, 3.8) is 0 Å². The van der Waals surface area contributed by atoms with Crippen LogP contribution in [0.3, 0.4) is 0 Å². The van der Waals surface area contributed by atoms with Crippen LogP contribution in [0.1, 0.15) is 36.1 Å². The van der Waals surface area contributed by atoms with Crippen LogP contribution >= 0.6 is 0 Å². The van der Waals surface area contributed by atoms with E-state index in [1.54, 1.807) is 25.3 Å². The van der Waals surface area contributed by atoms with E-state index in [4.69, 9.17) is 4.74 Å². The van der Waals surface area contributed by atoms with Gasteiger partial charge in [-0.2, -0.15) is 5.10 Å². The highest BCUT2D eigenvalue weighted by Gasteiger charge is 2.43. The van der Waals surface area contributed by atoms with E-state index in [1.807, 2.05) is 18.2 Å². The lowest BCUT2D eigenvalue weighted by molar-refractivity contribution is -0.131. The van der Waals surface area contributed by atoms with Gasteiger partial charge in [-0.25, -0.2) is 9.40 Å². The summed E-state index contributed by atoms with van der Waals surface area (Å²) < 4.78 is 19.7. The zero-order valence-corrected chi connectivity index (χ0v) is 14.2. The van der Waals surface area contributed by atoms with E-state index in [0.29, 0.717) is 5.56 Å². The summed E-state index contributed by atoms with van der Waals surface area (Å²) in [4.78, 5) is 12.2. The number of rotatable bonds is 2. The SMILES string of the molecule is COc1ccc2c(c1)CC[C@H]1C2=NN(C(C)=O)[C@@H]1c1ccccc1F. The zero-order chi connectivity index (χ0) is 17.6. The van der Waals surface area contributed by atoms with Gasteiger partial charge < -0.3 is 4.74 Å². The quantitative estimate of drug-likeness (QED) is 0.838. The molecule has 1 aliphatic heterocycles. The molecule has 2 aromatic rings. The molecule has 0 saturated carbocycles. The third kappa shape index (κ3) is 2.51. The summed E-state index contributed by atoms with van der Waals surface area (Å²) in [6, 6.07) is 12.2. The van der Waals surface area contributed by atoms with Crippen LogP contribution in [0.25, 0.3) is 0 Å². The molecule has 0 radical (unpaired) electrons. The average Bonchev–Trinajstić information content (AvgIpc) is 3.01. The first-order valence-corrected chi connectivity index (χ1v) is 8.40. The number of halogens is 1. The molecule has 0 spiro atoms. The highest BCUT2D eigenvalue weighted by Crippen LogP contribution is 2.44. The van der Waals surface area contributed by atoms with E-state index in [9.17, 15) is 9.18 Å². The topological polar surface area (TPSA) is 41.9 Å². The molecular formula is C20H19FN2O2. The molecule has 1 amide bonds. The van der Waals surface area contributed by atoms with Gasteiger partial charge in [0.2, 0.25) is 5.91 Å². The van der Waals surface area contributed by atoms with Gasteiger partial charge in [-0.3, -0.25) is 4.79 Å². The van der Waals surface area contributed by atoms with Crippen molar-refractivity contribution in [1.82, 2.24) is 5.01 Å². The second kappa shape index (κ2) is 5.99. The first-order chi connectivity index (χ1) is 12.1. The van der Waals surface area contributed by atoms with Gasteiger partial charge >= 0.3 is 0 Å². The maximum atomic E-state index is 14.4. The van der Waals surface area contributed by atoms with Crippen molar-refractivity contribution < 1.29 is 13.9 Å². The van der Waals surface area contributed by atoms with E-state index in [1.165, 1.54) is 18.0 Å². The lowest BCUT2D eigenvalue weighted by Gasteiger charge is -2.29. The van der Waals surface area contributed by atoms with Gasteiger partial charge in [-0.05, 0) is 42.7 Å². The number of carbonyl (C=O) groups excluding carboxylic acids is 1. The second-order valence-corrected chi connectivity index (χ2v) is 6.48. The van der Waals surface area contributed by atoms with Gasteiger partial charge in [0, 0.05) is 24.0 Å². The van der Waals surface area contributed by atoms with Crippen LogP contribution in [0.5, 0.6) is 5.75 Å². The van der Waals surface area contributed by atoms with Crippen LogP contribution in [0.15, 0.2) is 47.6 Å². The fourth-order valence-corrected chi connectivity index (χ4v) is 3.92. The van der Waals surface area contributed by atoms with Crippen LogP contribution in [-0.4, -0.2) is 23.7 Å². The van der Waals surface area contributed by atoms with Gasteiger partial charge in [0.05, 0.1) is 18.9 Å². The van der Waals surface area contributed by atoms with Crippen LogP contribution in [-0.2, 0) is 11.2 Å². The number of hydrogen-bond acceptors (Lipinski definition) is 3. The van der Waals surface area contributed by atoms with Crippen molar-refractivity contribution in [3.05, 3.63) is 65.0 Å². The van der Waals surface area contributed by atoms with Gasteiger partial charge in [-0.15, -0.1) is 0 Å². The molecule has 4 nitrogen and oxygen atoms in total. The van der Waals surface area contributed by atoms with Crippen molar-refractivity contribution in [2.75, 3.05) is 7.11 Å². The number of fused-ring (bicyclic) bond motifs is 3. The maximum absolute atomic E-state index is 14.4. The first-order valence-electron chi connectivity index (χ1n) is 8.40. The van der Waals surface area contributed by atoms with Gasteiger partial charge in [0.1, 0.15) is 11.6 Å². The van der Waals surface area contributed by atoms with E-state index < -0.39 is 0 Å². The Balaban J connectivity index is 1.81. The summed E-state index contributed by atoms with van der Waals surface area (Å²) in [5.74, 6) is 0.340. The molecule has 5 heteroatoms. The molecule has 128 valence electrons. The van der Waals surface area contributed by atoms with Crippen molar-refractivity contribution in [1.29, 1.82) is 0 Å². The average molecular weight is 338 g/mol. The number of carbonyl (C=O) groups is 1. The monoisotopic (exact) mass is 338 g/mol. The fraction of sp³-hybridized carbons (Fsp3) is 0.300. The molecule has 4 rings (SSSR count). The van der Waals surface area contributed by atoms with E-state index >= 15 is 0 Å². The molecule has 0 saturated heterocycles. The third-order valence-corrected chi connectivity index (χ3v) is 5.07. The Kier molecular flexibility index (Phi) is 3.79. The molecule has 2 atom stereocenters. The Bertz CT molecular complexity index is 878. The van der Waals surface area contributed by atoms with E-state index in [2.05, 4.69) is 5.10 Å². The molecule has 0 fully saturated rings. The Morgan fingerprint density at radius 3 is 2.80 bits per heavy atom. The summed E-state index contributed by atoms with van der Waals surface area (Å²) in [6.45, 7) is 1.48. The number of amides is 1. The molecule has 0 bridgehead atoms. The van der Waals surface area contributed by atoms with Gasteiger partial charge in [-0.1, -0.05) is 18.2 Å². The molecule has 0 unspecified atom stereocenters. The summed E-state index contributed by atoms with van der Waals surface area (Å²) in [6.07, 6.45) is 1.68. The van der Waals surface area contributed by atoms with Crippen LogP contribution in [0, 0.1) is 11.7 Å². The second-order valence-electron chi connectivity index (χ2n) is 6.48. The van der Waals surface area contributed by atoms with E-state index in [-0.39, 0.29) is 23.7 Å².